The van der Waals surface area contributed by atoms with E-state index in [4.69, 9.17) is 0 Å². The molecule has 1 aromatic carbocycles. The van der Waals surface area contributed by atoms with Gasteiger partial charge < -0.3 is 10.2 Å². The molecule has 1 unspecified atom stereocenters. The van der Waals surface area contributed by atoms with Crippen molar-refractivity contribution in [1.82, 2.24) is 5.32 Å². The van der Waals surface area contributed by atoms with Crippen LogP contribution in [-0.2, 0) is 16.0 Å². The lowest BCUT2D eigenvalue weighted by atomic mass is 9.94. The monoisotopic (exact) mass is 430 g/mol. The third kappa shape index (κ3) is 9.34. The van der Waals surface area contributed by atoms with E-state index in [-0.39, 0.29) is 29.2 Å². The Morgan fingerprint density at radius 1 is 1.03 bits per heavy atom. The average Bonchev–Trinajstić information content (AvgIpc) is 2.77. The second kappa shape index (κ2) is 14.1. The van der Waals surface area contributed by atoms with Crippen LogP contribution >= 0.6 is 0 Å². The van der Waals surface area contributed by atoms with Gasteiger partial charge in [-0.1, -0.05) is 34.6 Å². The zero-order chi connectivity index (χ0) is 23.4. The molecule has 31 heavy (non-hydrogen) atoms. The molecule has 0 aromatic heterocycles. The lowest BCUT2D eigenvalue weighted by Gasteiger charge is -2.30. The van der Waals surface area contributed by atoms with E-state index in [0.29, 0.717) is 19.3 Å². The summed E-state index contributed by atoms with van der Waals surface area (Å²) in [5.41, 5.74) is 3.32. The van der Waals surface area contributed by atoms with Crippen LogP contribution in [0.3, 0.4) is 0 Å². The van der Waals surface area contributed by atoms with Crippen LogP contribution in [-0.4, -0.2) is 43.5 Å². The van der Waals surface area contributed by atoms with E-state index in [1.165, 1.54) is 11.3 Å². The van der Waals surface area contributed by atoms with E-state index in [9.17, 15) is 14.4 Å². The van der Waals surface area contributed by atoms with Crippen LogP contribution in [0.15, 0.2) is 18.2 Å². The van der Waals surface area contributed by atoms with Crippen molar-refractivity contribution in [3.63, 3.8) is 0 Å². The third-order valence-electron chi connectivity index (χ3n) is 5.82. The van der Waals surface area contributed by atoms with Gasteiger partial charge in [0.05, 0.1) is 0 Å². The molecule has 1 saturated heterocycles. The van der Waals surface area contributed by atoms with Crippen LogP contribution in [0.2, 0.25) is 0 Å². The highest BCUT2D eigenvalue weighted by atomic mass is 16.1. The van der Waals surface area contributed by atoms with Crippen LogP contribution in [0.4, 0.5) is 5.69 Å². The molecular weight excluding hydrogens is 388 g/mol. The molecule has 1 aliphatic rings. The van der Waals surface area contributed by atoms with Gasteiger partial charge in [0.1, 0.15) is 11.6 Å². The Morgan fingerprint density at radius 2 is 1.68 bits per heavy atom. The zero-order valence-corrected chi connectivity index (χ0v) is 20.4. The quantitative estimate of drug-likeness (QED) is 0.537. The Kier molecular flexibility index (Phi) is 12.3. The smallest absolute Gasteiger partial charge is 0.165 e. The van der Waals surface area contributed by atoms with Gasteiger partial charge in [-0.05, 0) is 49.9 Å². The second-order valence-electron chi connectivity index (χ2n) is 8.79. The van der Waals surface area contributed by atoms with E-state index >= 15 is 0 Å². The van der Waals surface area contributed by atoms with Crippen molar-refractivity contribution < 1.29 is 14.4 Å². The first-order chi connectivity index (χ1) is 14.7. The largest absolute Gasteiger partial charge is 0.369 e. The van der Waals surface area contributed by atoms with Gasteiger partial charge in [0, 0.05) is 62.1 Å². The maximum Gasteiger partial charge on any atom is 0.165 e. The average molecular weight is 431 g/mol. The highest BCUT2D eigenvalue weighted by molar-refractivity contribution is 5.99. The summed E-state index contributed by atoms with van der Waals surface area (Å²) in [7, 11) is 0. The summed E-state index contributed by atoms with van der Waals surface area (Å²) in [4.78, 5) is 36.4. The Morgan fingerprint density at radius 3 is 2.19 bits per heavy atom. The SMILES string of the molecule is CCCC(=O)CCC(C)C(C)=O.CCc1cc(N2CCNCC2)ccc1C(=O)C(C)C. The highest BCUT2D eigenvalue weighted by Crippen LogP contribution is 2.23. The van der Waals surface area contributed by atoms with Gasteiger partial charge in [0.25, 0.3) is 0 Å². The molecule has 1 N–H and O–H groups in total. The number of rotatable bonds is 10. The molecule has 0 bridgehead atoms. The summed E-state index contributed by atoms with van der Waals surface area (Å²) in [5, 5.41) is 3.36. The Hall–Kier alpha value is -2.01. The minimum absolute atomic E-state index is 0.0470. The summed E-state index contributed by atoms with van der Waals surface area (Å²) in [5.74, 6) is 0.828. The number of aryl methyl sites for hydroxylation is 1. The van der Waals surface area contributed by atoms with E-state index in [1.807, 2.05) is 33.8 Å². The van der Waals surface area contributed by atoms with Crippen molar-refractivity contribution in [2.45, 2.75) is 73.6 Å². The summed E-state index contributed by atoms with van der Waals surface area (Å²) >= 11 is 0. The number of hydrogen-bond donors (Lipinski definition) is 1. The first kappa shape index (κ1) is 27.0. The third-order valence-corrected chi connectivity index (χ3v) is 5.82. The zero-order valence-electron chi connectivity index (χ0n) is 20.4. The molecule has 174 valence electrons. The lowest BCUT2D eigenvalue weighted by Crippen LogP contribution is -2.43. The predicted octanol–water partition coefficient (Wildman–Crippen LogP) is 4.86. The fraction of sp³-hybridized carbons (Fsp3) is 0.654. The molecule has 1 aromatic rings. The number of carbonyl (C=O) groups excluding carboxylic acids is 3. The molecule has 0 amide bonds. The number of anilines is 1. The molecule has 1 atom stereocenters. The molecule has 5 nitrogen and oxygen atoms in total. The fourth-order valence-electron chi connectivity index (χ4n) is 3.53. The van der Waals surface area contributed by atoms with Gasteiger partial charge in [0.15, 0.2) is 5.78 Å². The van der Waals surface area contributed by atoms with Crippen LogP contribution < -0.4 is 10.2 Å². The molecule has 0 spiro atoms. The first-order valence-corrected chi connectivity index (χ1v) is 11.9. The lowest BCUT2D eigenvalue weighted by molar-refractivity contribution is -0.121. The normalized spacial score (nSPS) is 14.6. The van der Waals surface area contributed by atoms with Gasteiger partial charge in [0.2, 0.25) is 0 Å². The first-order valence-electron chi connectivity index (χ1n) is 11.9. The number of hydrogen-bond acceptors (Lipinski definition) is 5. The van der Waals surface area contributed by atoms with Crippen LogP contribution in [0.1, 0.15) is 83.1 Å². The molecule has 5 heteroatoms. The predicted molar refractivity (Wildman–Crippen MR) is 129 cm³/mol. The van der Waals surface area contributed by atoms with Gasteiger partial charge in [-0.15, -0.1) is 0 Å². The van der Waals surface area contributed by atoms with Crippen LogP contribution in [0.25, 0.3) is 0 Å². The topological polar surface area (TPSA) is 66.5 Å². The van der Waals surface area contributed by atoms with Gasteiger partial charge in [-0.3, -0.25) is 14.4 Å². The molecule has 1 fully saturated rings. The van der Waals surface area contributed by atoms with Crippen molar-refractivity contribution >= 4 is 23.0 Å². The van der Waals surface area contributed by atoms with Crippen LogP contribution in [0.5, 0.6) is 0 Å². The van der Waals surface area contributed by atoms with Crippen molar-refractivity contribution in [2.24, 2.45) is 11.8 Å². The molecule has 0 aliphatic carbocycles. The number of carbonyl (C=O) groups is 3. The van der Waals surface area contributed by atoms with Crippen molar-refractivity contribution in [1.29, 1.82) is 0 Å². The number of ketones is 3. The van der Waals surface area contributed by atoms with Gasteiger partial charge in [-0.25, -0.2) is 0 Å². The standard InChI is InChI=1S/C16H24N2O.C10H18O2/c1-4-13-11-14(18-9-7-17-8-10-18)5-6-15(13)16(19)12(2)3;1-4-5-10(12)7-6-8(2)9(3)11/h5-6,11-12,17H,4,7-10H2,1-3H3;8H,4-7H2,1-3H3. The van der Waals surface area contributed by atoms with Gasteiger partial charge in [-0.2, -0.15) is 0 Å². The molecule has 2 rings (SSSR count). The van der Waals surface area contributed by atoms with Gasteiger partial charge >= 0.3 is 0 Å². The van der Waals surface area contributed by atoms with E-state index in [0.717, 1.165) is 44.6 Å². The number of nitrogens with one attached hydrogen (secondary N) is 1. The maximum absolute atomic E-state index is 12.2. The van der Waals surface area contributed by atoms with E-state index in [2.05, 4.69) is 29.3 Å². The van der Waals surface area contributed by atoms with Crippen molar-refractivity contribution in [3.05, 3.63) is 29.3 Å². The van der Waals surface area contributed by atoms with E-state index < -0.39 is 0 Å². The highest BCUT2D eigenvalue weighted by Gasteiger charge is 2.17. The summed E-state index contributed by atoms with van der Waals surface area (Å²) < 4.78 is 0. The maximum atomic E-state index is 12.2. The molecule has 0 saturated carbocycles. The molecule has 0 radical (unpaired) electrons. The van der Waals surface area contributed by atoms with E-state index in [1.54, 1.807) is 6.92 Å². The van der Waals surface area contributed by atoms with Crippen LogP contribution in [0, 0.1) is 11.8 Å². The Balaban J connectivity index is 0.000000348. The number of nitrogens with zero attached hydrogens (tertiary/aromatic N) is 1. The Labute approximate surface area is 189 Å². The number of benzene rings is 1. The minimum atomic E-state index is 0.0470. The van der Waals surface area contributed by atoms with Crippen molar-refractivity contribution in [3.8, 4) is 0 Å². The second-order valence-corrected chi connectivity index (χ2v) is 8.79. The summed E-state index contributed by atoms with van der Waals surface area (Å²) in [6, 6.07) is 6.31. The Bertz CT molecular complexity index is 721. The molecule has 1 heterocycles. The fourth-order valence-corrected chi connectivity index (χ4v) is 3.53. The molecular formula is C26H42N2O3. The molecule has 1 aliphatic heterocycles. The number of piperazine rings is 1. The minimum Gasteiger partial charge on any atom is -0.369 e. The summed E-state index contributed by atoms with van der Waals surface area (Å²) in [6.45, 7) is 15.7. The number of Topliss-reactive ketones (excluding diaryl/α,β-unsaturated/α-hetero) is 3. The van der Waals surface area contributed by atoms with Crippen molar-refractivity contribution in [2.75, 3.05) is 31.1 Å². The summed E-state index contributed by atoms with van der Waals surface area (Å²) in [6.07, 6.45) is 3.76.